The number of fused-ring (bicyclic) bond motifs is 1. The summed E-state index contributed by atoms with van der Waals surface area (Å²) in [5, 5.41) is 17.6. The molecule has 0 radical (unpaired) electrons. The number of rotatable bonds is 5. The van der Waals surface area contributed by atoms with Crippen LogP contribution in [-0.4, -0.2) is 45.1 Å². The second kappa shape index (κ2) is 5.20. The zero-order chi connectivity index (χ0) is 14.9. The number of hydrogen-bond donors (Lipinski definition) is 2. The van der Waals surface area contributed by atoms with Gasteiger partial charge >= 0.3 is 11.9 Å². The Balaban J connectivity index is 2.36. The summed E-state index contributed by atoms with van der Waals surface area (Å²) >= 11 is 0. The van der Waals surface area contributed by atoms with Crippen molar-refractivity contribution in [1.82, 2.24) is 9.38 Å². The van der Waals surface area contributed by atoms with Crippen molar-refractivity contribution in [3.63, 3.8) is 0 Å². The molecule has 0 unspecified atom stereocenters. The van der Waals surface area contributed by atoms with Crippen LogP contribution in [0.1, 0.15) is 22.5 Å². The minimum absolute atomic E-state index is 0.0153. The first-order valence-electron chi connectivity index (χ1n) is 6.04. The zero-order valence-corrected chi connectivity index (χ0v) is 11.2. The quantitative estimate of drug-likeness (QED) is 0.854. The molecule has 0 fully saturated rings. The number of aliphatic carboxylic acids is 1. The third-order valence-electron chi connectivity index (χ3n) is 3.04. The Morgan fingerprint density at radius 2 is 2.05 bits per heavy atom. The van der Waals surface area contributed by atoms with E-state index in [1.807, 2.05) is 13.0 Å². The van der Waals surface area contributed by atoms with E-state index < -0.39 is 11.9 Å². The summed E-state index contributed by atoms with van der Waals surface area (Å²) in [5.41, 5.74) is 2.21. The number of nitrogens with zero attached hydrogens (tertiary/aromatic N) is 3. The summed E-state index contributed by atoms with van der Waals surface area (Å²) in [5.74, 6) is -1.93. The number of imidazole rings is 1. The molecule has 0 atom stereocenters. The number of carboxylic acids is 2. The van der Waals surface area contributed by atoms with Crippen LogP contribution in [0.15, 0.2) is 18.5 Å². The molecule has 0 aliphatic heterocycles. The van der Waals surface area contributed by atoms with Crippen molar-refractivity contribution in [2.75, 3.05) is 18.5 Å². The Hall–Kier alpha value is -2.57. The van der Waals surface area contributed by atoms with Crippen molar-refractivity contribution in [2.45, 2.75) is 13.3 Å². The summed E-state index contributed by atoms with van der Waals surface area (Å²) in [6.45, 7) is 2.21. The molecule has 2 N–H and O–H groups in total. The minimum Gasteiger partial charge on any atom is -0.481 e. The summed E-state index contributed by atoms with van der Waals surface area (Å²) in [7, 11) is 1.79. The topological polar surface area (TPSA) is 95.1 Å². The van der Waals surface area contributed by atoms with Gasteiger partial charge in [0.2, 0.25) is 0 Å². The lowest BCUT2D eigenvalue weighted by molar-refractivity contribution is -0.136. The molecule has 0 aliphatic rings. The molecule has 2 rings (SSSR count). The molecule has 0 aromatic carbocycles. The molecule has 0 amide bonds. The molecule has 0 bridgehead atoms. The molecule has 20 heavy (non-hydrogen) atoms. The van der Waals surface area contributed by atoms with E-state index >= 15 is 0 Å². The summed E-state index contributed by atoms with van der Waals surface area (Å²) in [6, 6.07) is 1.86. The van der Waals surface area contributed by atoms with Gasteiger partial charge in [0.15, 0.2) is 5.69 Å². The third-order valence-corrected chi connectivity index (χ3v) is 3.04. The van der Waals surface area contributed by atoms with E-state index in [-0.39, 0.29) is 12.1 Å². The fourth-order valence-corrected chi connectivity index (χ4v) is 1.95. The zero-order valence-electron chi connectivity index (χ0n) is 11.2. The molecule has 2 aromatic heterocycles. The van der Waals surface area contributed by atoms with Crippen LogP contribution < -0.4 is 4.90 Å². The van der Waals surface area contributed by atoms with Gasteiger partial charge in [-0.25, -0.2) is 9.78 Å². The molecule has 0 saturated heterocycles. The summed E-state index contributed by atoms with van der Waals surface area (Å²) in [4.78, 5) is 27.4. The van der Waals surface area contributed by atoms with Gasteiger partial charge in [0.1, 0.15) is 5.65 Å². The SMILES string of the molecule is Cc1cc(N(C)CCC(=O)O)cn2cc(C(=O)O)nc12. The van der Waals surface area contributed by atoms with Gasteiger partial charge in [-0.3, -0.25) is 4.79 Å². The predicted molar refractivity (Wildman–Crippen MR) is 72.4 cm³/mol. The number of aryl methyl sites for hydroxylation is 1. The van der Waals surface area contributed by atoms with E-state index in [0.717, 1.165) is 11.3 Å². The minimum atomic E-state index is -1.08. The van der Waals surface area contributed by atoms with E-state index in [1.165, 1.54) is 6.20 Å². The maximum absolute atomic E-state index is 10.9. The Bertz CT molecular complexity index is 678. The maximum Gasteiger partial charge on any atom is 0.356 e. The van der Waals surface area contributed by atoms with Crippen LogP contribution in [0.5, 0.6) is 0 Å². The molecule has 0 spiro atoms. The van der Waals surface area contributed by atoms with Crippen LogP contribution in [0.25, 0.3) is 5.65 Å². The normalized spacial score (nSPS) is 10.7. The van der Waals surface area contributed by atoms with Gasteiger partial charge in [0.25, 0.3) is 0 Å². The molecule has 7 heteroatoms. The second-order valence-corrected chi connectivity index (χ2v) is 4.61. The monoisotopic (exact) mass is 277 g/mol. The van der Waals surface area contributed by atoms with Crippen LogP contribution in [0.3, 0.4) is 0 Å². The largest absolute Gasteiger partial charge is 0.481 e. The van der Waals surface area contributed by atoms with E-state index in [9.17, 15) is 9.59 Å². The smallest absolute Gasteiger partial charge is 0.356 e. The van der Waals surface area contributed by atoms with Crippen molar-refractivity contribution < 1.29 is 19.8 Å². The highest BCUT2D eigenvalue weighted by Crippen LogP contribution is 2.19. The highest BCUT2D eigenvalue weighted by Gasteiger charge is 2.12. The van der Waals surface area contributed by atoms with Crippen LogP contribution in [0.2, 0.25) is 0 Å². The Morgan fingerprint density at radius 3 is 2.65 bits per heavy atom. The number of anilines is 1. The molecular formula is C13H15N3O4. The summed E-state index contributed by atoms with van der Waals surface area (Å²) in [6.07, 6.45) is 3.22. The second-order valence-electron chi connectivity index (χ2n) is 4.61. The first kappa shape index (κ1) is 13.9. The predicted octanol–water partition coefficient (Wildman–Crippen LogP) is 1.25. The van der Waals surface area contributed by atoms with Gasteiger partial charge < -0.3 is 19.5 Å². The van der Waals surface area contributed by atoms with Gasteiger partial charge in [-0.1, -0.05) is 0 Å². The first-order valence-corrected chi connectivity index (χ1v) is 6.04. The van der Waals surface area contributed by atoms with E-state index in [2.05, 4.69) is 4.98 Å². The van der Waals surface area contributed by atoms with Crippen molar-refractivity contribution in [1.29, 1.82) is 0 Å². The average molecular weight is 277 g/mol. The maximum atomic E-state index is 10.9. The van der Waals surface area contributed by atoms with Gasteiger partial charge in [-0.05, 0) is 18.6 Å². The fraction of sp³-hybridized carbons (Fsp3) is 0.308. The standard InChI is InChI=1S/C13H15N3O4/c1-8-5-9(15(2)4-3-11(17)18)6-16-7-10(13(19)20)14-12(8)16/h5-7H,3-4H2,1-2H3,(H,17,18)(H,19,20). The molecule has 0 aliphatic carbocycles. The van der Waals surface area contributed by atoms with Crippen LogP contribution in [0, 0.1) is 6.92 Å². The van der Waals surface area contributed by atoms with Crippen LogP contribution in [0.4, 0.5) is 5.69 Å². The molecule has 0 saturated carbocycles. The Morgan fingerprint density at radius 1 is 1.35 bits per heavy atom. The number of aromatic nitrogens is 2. The van der Waals surface area contributed by atoms with E-state index in [4.69, 9.17) is 10.2 Å². The lowest BCUT2D eigenvalue weighted by Crippen LogP contribution is -2.21. The van der Waals surface area contributed by atoms with Gasteiger partial charge in [-0.15, -0.1) is 0 Å². The van der Waals surface area contributed by atoms with E-state index in [0.29, 0.717) is 12.2 Å². The van der Waals surface area contributed by atoms with Crippen molar-refractivity contribution in [3.05, 3.63) is 29.7 Å². The third kappa shape index (κ3) is 2.71. The highest BCUT2D eigenvalue weighted by molar-refractivity contribution is 5.86. The first-order chi connectivity index (χ1) is 9.38. The fourth-order valence-electron chi connectivity index (χ4n) is 1.95. The molecule has 2 heterocycles. The molecule has 106 valence electrons. The number of hydrogen-bond acceptors (Lipinski definition) is 4. The van der Waals surface area contributed by atoms with Gasteiger partial charge in [0.05, 0.1) is 12.1 Å². The lowest BCUT2D eigenvalue weighted by Gasteiger charge is -2.19. The lowest BCUT2D eigenvalue weighted by atomic mass is 10.2. The van der Waals surface area contributed by atoms with Crippen LogP contribution in [-0.2, 0) is 4.79 Å². The van der Waals surface area contributed by atoms with Gasteiger partial charge in [0, 0.05) is 26.0 Å². The number of pyridine rings is 1. The molecular weight excluding hydrogens is 262 g/mol. The summed E-state index contributed by atoms with van der Waals surface area (Å²) < 4.78 is 1.64. The van der Waals surface area contributed by atoms with Crippen molar-refractivity contribution in [3.8, 4) is 0 Å². The molecule has 2 aromatic rings. The highest BCUT2D eigenvalue weighted by atomic mass is 16.4. The number of carboxylic acid groups (broad SMARTS) is 2. The number of aromatic carboxylic acids is 1. The Kier molecular flexibility index (Phi) is 3.60. The van der Waals surface area contributed by atoms with E-state index in [1.54, 1.807) is 22.5 Å². The average Bonchev–Trinajstić information content (AvgIpc) is 2.80. The molecule has 7 nitrogen and oxygen atoms in total. The Labute approximate surface area is 115 Å². The van der Waals surface area contributed by atoms with Gasteiger partial charge in [-0.2, -0.15) is 0 Å². The van der Waals surface area contributed by atoms with Crippen LogP contribution >= 0.6 is 0 Å². The number of carbonyl (C=O) groups is 2. The van der Waals surface area contributed by atoms with Crippen molar-refractivity contribution in [2.24, 2.45) is 0 Å². The van der Waals surface area contributed by atoms with Crippen molar-refractivity contribution >= 4 is 23.3 Å².